The monoisotopic (exact) mass is 467 g/mol. The van der Waals surface area contributed by atoms with Crippen molar-refractivity contribution >= 4 is 35.3 Å². The first kappa shape index (κ1) is 22.4. The van der Waals surface area contributed by atoms with Gasteiger partial charge in [0.2, 0.25) is 0 Å². The molecule has 1 amide bonds. The molecule has 0 saturated carbocycles. The molecule has 0 radical (unpaired) electrons. The summed E-state index contributed by atoms with van der Waals surface area (Å²) in [6.45, 7) is 4.31. The van der Waals surface area contributed by atoms with Crippen molar-refractivity contribution in [1.29, 1.82) is 5.41 Å². The van der Waals surface area contributed by atoms with E-state index in [1.165, 1.54) is 18.2 Å². The number of aryl methyl sites for hydroxylation is 1. The topological polar surface area (TPSA) is 93.4 Å². The van der Waals surface area contributed by atoms with E-state index in [2.05, 4.69) is 4.99 Å². The zero-order valence-electron chi connectivity index (χ0n) is 18.3. The predicted octanol–water partition coefficient (Wildman–Crippen LogP) is 4.57. The van der Waals surface area contributed by atoms with Gasteiger partial charge in [0.1, 0.15) is 24.7 Å². The van der Waals surface area contributed by atoms with Crippen molar-refractivity contribution in [3.05, 3.63) is 70.0 Å². The zero-order valence-corrected chi connectivity index (χ0v) is 19.1. The van der Waals surface area contributed by atoms with Crippen LogP contribution in [-0.2, 0) is 9.63 Å². The van der Waals surface area contributed by atoms with Crippen LogP contribution in [0, 0.1) is 12.3 Å². The van der Waals surface area contributed by atoms with Crippen molar-refractivity contribution in [3.63, 3.8) is 0 Å². The number of methoxy groups -OCH3 is 1. The Hall–Kier alpha value is -3.78. The Morgan fingerprint density at radius 2 is 1.88 bits per heavy atom. The third-order valence-corrected chi connectivity index (χ3v) is 5.14. The minimum atomic E-state index is -0.538. The van der Waals surface area contributed by atoms with Gasteiger partial charge in [-0.05, 0) is 49.8 Å². The van der Waals surface area contributed by atoms with Crippen LogP contribution in [0.5, 0.6) is 17.2 Å². The number of nitrogens with one attached hydrogen (secondary N) is 1. The van der Waals surface area contributed by atoms with Gasteiger partial charge in [-0.3, -0.25) is 10.2 Å². The van der Waals surface area contributed by atoms with E-state index in [4.69, 9.17) is 36.1 Å². The number of rotatable bonds is 7. The summed E-state index contributed by atoms with van der Waals surface area (Å²) >= 11 is 6.44. The van der Waals surface area contributed by atoms with Crippen molar-refractivity contribution in [2.24, 2.45) is 4.99 Å². The second-order valence-electron chi connectivity index (χ2n) is 7.37. The molecule has 170 valence electrons. The van der Waals surface area contributed by atoms with Crippen molar-refractivity contribution < 1.29 is 23.8 Å². The number of hydroxylamine groups is 2. The third kappa shape index (κ3) is 4.85. The molecule has 8 nitrogen and oxygen atoms in total. The number of benzene rings is 2. The molecule has 0 unspecified atom stereocenters. The van der Waals surface area contributed by atoms with Gasteiger partial charge in [-0.2, -0.15) is 4.99 Å². The van der Waals surface area contributed by atoms with Crippen LogP contribution in [0.1, 0.15) is 18.1 Å². The molecule has 0 fully saturated rings. The molecule has 9 heteroatoms. The van der Waals surface area contributed by atoms with Crippen LogP contribution in [0.2, 0.25) is 5.02 Å². The second kappa shape index (κ2) is 9.38. The Morgan fingerprint density at radius 3 is 2.61 bits per heavy atom. The first-order valence-corrected chi connectivity index (χ1v) is 10.5. The van der Waals surface area contributed by atoms with Gasteiger partial charge >= 0.3 is 0 Å². The number of carbonyl (C=O) groups excluding carboxylic acids is 1. The standard InChI is InChI=1S/C24H22ClN3O5/c1-14-4-6-17(7-5-14)31-8-9-32-22-19(25)12-16(13-20(22)30-3)11-18-23(26)28-21(27-24(18)29)10-15(2)33-28/h4-7,10-13,26H,8-9H2,1-3H3/b18-11-,26-23?. The summed E-state index contributed by atoms with van der Waals surface area (Å²) in [6, 6.07) is 11.0. The Morgan fingerprint density at radius 1 is 1.15 bits per heavy atom. The third-order valence-electron chi connectivity index (χ3n) is 4.86. The fourth-order valence-corrected chi connectivity index (χ4v) is 3.54. The molecule has 0 aliphatic carbocycles. The van der Waals surface area contributed by atoms with Gasteiger partial charge in [-0.25, -0.2) is 0 Å². The van der Waals surface area contributed by atoms with Crippen molar-refractivity contribution in [2.45, 2.75) is 13.8 Å². The predicted molar refractivity (Wildman–Crippen MR) is 125 cm³/mol. The fourth-order valence-electron chi connectivity index (χ4n) is 3.27. The minimum Gasteiger partial charge on any atom is -0.493 e. The van der Waals surface area contributed by atoms with Gasteiger partial charge < -0.3 is 19.0 Å². The highest BCUT2D eigenvalue weighted by molar-refractivity contribution is 6.33. The molecule has 0 saturated heterocycles. The molecule has 2 aromatic rings. The highest BCUT2D eigenvalue weighted by atomic mass is 35.5. The second-order valence-corrected chi connectivity index (χ2v) is 7.77. The molecule has 0 aromatic heterocycles. The summed E-state index contributed by atoms with van der Waals surface area (Å²) in [4.78, 5) is 21.9. The van der Waals surface area contributed by atoms with E-state index < -0.39 is 5.91 Å². The van der Waals surface area contributed by atoms with E-state index in [0.29, 0.717) is 34.5 Å². The molecule has 0 bridgehead atoms. The fraction of sp³-hybridized carbons (Fsp3) is 0.208. The van der Waals surface area contributed by atoms with E-state index in [0.717, 1.165) is 11.3 Å². The molecule has 2 heterocycles. The maximum atomic E-state index is 12.5. The van der Waals surface area contributed by atoms with Gasteiger partial charge in [-0.15, -0.1) is 5.06 Å². The Balaban J connectivity index is 1.48. The molecule has 1 N–H and O–H groups in total. The number of halogens is 1. The number of fused-ring (bicyclic) bond motifs is 1. The lowest BCUT2D eigenvalue weighted by atomic mass is 10.1. The van der Waals surface area contributed by atoms with Crippen LogP contribution >= 0.6 is 11.6 Å². The zero-order chi connectivity index (χ0) is 23.5. The van der Waals surface area contributed by atoms with Crippen LogP contribution < -0.4 is 14.2 Å². The number of hydrogen-bond donors (Lipinski definition) is 1. The largest absolute Gasteiger partial charge is 0.493 e. The van der Waals surface area contributed by atoms with Crippen LogP contribution in [0.15, 0.2) is 58.8 Å². The molecule has 4 rings (SSSR count). The number of allylic oxidation sites excluding steroid dienone is 1. The van der Waals surface area contributed by atoms with Crippen LogP contribution in [0.4, 0.5) is 0 Å². The smallest absolute Gasteiger partial charge is 0.282 e. The SMILES string of the molecule is COc1cc(/C=C2/C(=N)N3OC(C)=CC3=NC2=O)cc(Cl)c1OCCOc1ccc(C)cc1. The summed E-state index contributed by atoms with van der Waals surface area (Å²) in [5.41, 5.74) is 1.78. The molecule has 2 aromatic carbocycles. The summed E-state index contributed by atoms with van der Waals surface area (Å²) < 4.78 is 16.9. The number of amidine groups is 2. The molecular formula is C24H22ClN3O5. The van der Waals surface area contributed by atoms with Crippen LogP contribution in [0.3, 0.4) is 0 Å². The number of ether oxygens (including phenoxy) is 3. The van der Waals surface area contributed by atoms with Crippen LogP contribution in [0.25, 0.3) is 6.08 Å². The Kier molecular flexibility index (Phi) is 6.37. The molecule has 2 aliphatic rings. The molecule has 0 atom stereocenters. The molecular weight excluding hydrogens is 446 g/mol. The molecule has 33 heavy (non-hydrogen) atoms. The first-order valence-electron chi connectivity index (χ1n) is 10.2. The number of nitrogens with zero attached hydrogens (tertiary/aromatic N) is 2. The van der Waals surface area contributed by atoms with Gasteiger partial charge in [-0.1, -0.05) is 29.3 Å². The summed E-state index contributed by atoms with van der Waals surface area (Å²) in [6.07, 6.45) is 3.11. The highest BCUT2D eigenvalue weighted by Gasteiger charge is 2.34. The number of carbonyl (C=O) groups is 1. The average Bonchev–Trinajstić information content (AvgIpc) is 3.16. The lowest BCUT2D eigenvalue weighted by Crippen LogP contribution is -2.38. The van der Waals surface area contributed by atoms with Crippen molar-refractivity contribution in [3.8, 4) is 17.2 Å². The summed E-state index contributed by atoms with van der Waals surface area (Å²) in [5.74, 6) is 1.69. The van der Waals surface area contributed by atoms with E-state index >= 15 is 0 Å². The van der Waals surface area contributed by atoms with Crippen LogP contribution in [-0.4, -0.2) is 43.0 Å². The Labute approximate surface area is 196 Å². The number of aliphatic imine (C=N–C) groups is 1. The van der Waals surface area contributed by atoms with E-state index in [-0.39, 0.29) is 23.9 Å². The maximum absolute atomic E-state index is 12.5. The first-order chi connectivity index (χ1) is 15.9. The van der Waals surface area contributed by atoms with E-state index in [1.54, 1.807) is 25.1 Å². The van der Waals surface area contributed by atoms with E-state index in [9.17, 15) is 4.79 Å². The Bertz CT molecular complexity index is 1200. The molecule has 2 aliphatic heterocycles. The van der Waals surface area contributed by atoms with Gasteiger partial charge in [0.25, 0.3) is 5.91 Å². The van der Waals surface area contributed by atoms with E-state index in [1.807, 2.05) is 31.2 Å². The van der Waals surface area contributed by atoms with Crippen molar-refractivity contribution in [1.82, 2.24) is 5.06 Å². The maximum Gasteiger partial charge on any atom is 0.282 e. The highest BCUT2D eigenvalue weighted by Crippen LogP contribution is 2.37. The van der Waals surface area contributed by atoms with Gasteiger partial charge in [0.15, 0.2) is 23.2 Å². The average molecular weight is 468 g/mol. The van der Waals surface area contributed by atoms with Gasteiger partial charge in [0, 0.05) is 6.08 Å². The van der Waals surface area contributed by atoms with Gasteiger partial charge in [0.05, 0.1) is 17.7 Å². The molecule has 0 spiro atoms. The normalized spacial score (nSPS) is 16.2. The quantitative estimate of drug-likeness (QED) is 0.473. The lowest BCUT2D eigenvalue weighted by Gasteiger charge is -2.23. The number of amides is 1. The number of hydrogen-bond acceptors (Lipinski definition) is 6. The van der Waals surface area contributed by atoms with Crippen molar-refractivity contribution in [2.75, 3.05) is 20.3 Å². The summed E-state index contributed by atoms with van der Waals surface area (Å²) in [7, 11) is 1.50. The summed E-state index contributed by atoms with van der Waals surface area (Å²) in [5, 5.41) is 9.83. The minimum absolute atomic E-state index is 0.0696. The lowest BCUT2D eigenvalue weighted by molar-refractivity contribution is -0.114.